The number of likely N-dealkylation sites (tertiary alicyclic amines) is 1. The van der Waals surface area contributed by atoms with Crippen LogP contribution in [0.1, 0.15) is 46.0 Å². The van der Waals surface area contributed by atoms with Gasteiger partial charge < -0.3 is 10.6 Å². The van der Waals surface area contributed by atoms with E-state index in [1.807, 2.05) is 0 Å². The van der Waals surface area contributed by atoms with Crippen molar-refractivity contribution in [2.75, 3.05) is 19.6 Å². The van der Waals surface area contributed by atoms with Crippen LogP contribution in [0.5, 0.6) is 0 Å². The molecule has 0 atom stereocenters. The Kier molecular flexibility index (Phi) is 2.61. The molecule has 2 rings (SSSR count). The Morgan fingerprint density at radius 1 is 1.21 bits per heavy atom. The molecule has 1 heterocycles. The van der Waals surface area contributed by atoms with E-state index in [9.17, 15) is 0 Å². The monoisotopic (exact) mass is 196 g/mol. The highest BCUT2D eigenvalue weighted by Crippen LogP contribution is 2.47. The highest BCUT2D eigenvalue weighted by atomic mass is 15.2. The van der Waals surface area contributed by atoms with E-state index in [-0.39, 0.29) is 5.54 Å². The summed E-state index contributed by atoms with van der Waals surface area (Å²) in [4.78, 5) is 2.59. The van der Waals surface area contributed by atoms with Crippen molar-refractivity contribution in [2.24, 2.45) is 11.1 Å². The molecule has 0 aromatic heterocycles. The largest absolute Gasteiger partial charge is 0.324 e. The van der Waals surface area contributed by atoms with Crippen LogP contribution < -0.4 is 5.73 Å². The number of nitrogens with two attached hydrogens (primary N) is 1. The Bertz CT molecular complexity index is 201. The third-order valence-corrected chi connectivity index (χ3v) is 3.79. The molecule has 2 N–H and O–H groups in total. The minimum absolute atomic E-state index is 0.0255. The Labute approximate surface area is 87.8 Å². The van der Waals surface area contributed by atoms with E-state index in [0.717, 1.165) is 6.54 Å². The second-order valence-electron chi connectivity index (χ2n) is 6.16. The van der Waals surface area contributed by atoms with Gasteiger partial charge in [0.25, 0.3) is 0 Å². The Morgan fingerprint density at radius 2 is 1.86 bits per heavy atom. The molecule has 0 radical (unpaired) electrons. The van der Waals surface area contributed by atoms with Gasteiger partial charge in [0.1, 0.15) is 0 Å². The van der Waals surface area contributed by atoms with Crippen LogP contribution in [0.4, 0.5) is 0 Å². The molecule has 1 spiro atoms. The fourth-order valence-electron chi connectivity index (χ4n) is 3.11. The van der Waals surface area contributed by atoms with Crippen molar-refractivity contribution in [1.82, 2.24) is 4.90 Å². The molecule has 2 nitrogen and oxygen atoms in total. The number of rotatable bonds is 2. The van der Waals surface area contributed by atoms with Crippen molar-refractivity contribution in [3.63, 3.8) is 0 Å². The summed E-state index contributed by atoms with van der Waals surface area (Å²) in [7, 11) is 0. The smallest absolute Gasteiger partial charge is 0.0226 e. The second kappa shape index (κ2) is 3.49. The lowest BCUT2D eigenvalue weighted by Gasteiger charge is -2.50. The van der Waals surface area contributed by atoms with Crippen LogP contribution in [0.3, 0.4) is 0 Å². The van der Waals surface area contributed by atoms with Crippen molar-refractivity contribution >= 4 is 0 Å². The standard InChI is InChI=1S/C12H24N2/c1-11(2,13)9-14-8-4-7-12(10-14)5-3-6-12/h3-10,13H2,1-2H3. The van der Waals surface area contributed by atoms with E-state index in [0.29, 0.717) is 5.41 Å². The van der Waals surface area contributed by atoms with Gasteiger partial charge in [-0.1, -0.05) is 6.42 Å². The maximum atomic E-state index is 6.07. The van der Waals surface area contributed by atoms with E-state index in [1.54, 1.807) is 0 Å². The van der Waals surface area contributed by atoms with Crippen molar-refractivity contribution in [2.45, 2.75) is 51.5 Å². The molecule has 1 saturated heterocycles. The SMILES string of the molecule is CC(C)(N)CN1CCCC2(CCC2)C1. The van der Waals surface area contributed by atoms with Crippen molar-refractivity contribution in [3.05, 3.63) is 0 Å². The van der Waals surface area contributed by atoms with Crippen LogP contribution in [0.2, 0.25) is 0 Å². The highest BCUT2D eigenvalue weighted by Gasteiger charge is 2.40. The normalized spacial score (nSPS) is 27.6. The van der Waals surface area contributed by atoms with E-state index in [1.165, 1.54) is 45.2 Å². The van der Waals surface area contributed by atoms with Gasteiger partial charge in [-0.25, -0.2) is 0 Å². The second-order valence-corrected chi connectivity index (χ2v) is 6.16. The van der Waals surface area contributed by atoms with Gasteiger partial charge >= 0.3 is 0 Å². The quantitative estimate of drug-likeness (QED) is 0.732. The molecule has 2 heteroatoms. The molecule has 82 valence electrons. The maximum absolute atomic E-state index is 6.07. The van der Waals surface area contributed by atoms with Crippen molar-refractivity contribution in [3.8, 4) is 0 Å². The van der Waals surface area contributed by atoms with Gasteiger partial charge in [0.15, 0.2) is 0 Å². The summed E-state index contributed by atoms with van der Waals surface area (Å²) in [6.45, 7) is 7.91. The van der Waals surface area contributed by atoms with Gasteiger partial charge in [-0.3, -0.25) is 0 Å². The van der Waals surface area contributed by atoms with Gasteiger partial charge in [0.05, 0.1) is 0 Å². The lowest BCUT2D eigenvalue weighted by Crippen LogP contribution is -2.53. The van der Waals surface area contributed by atoms with Gasteiger partial charge in [-0.15, -0.1) is 0 Å². The first-order valence-corrected chi connectivity index (χ1v) is 6.01. The number of hydrogen-bond acceptors (Lipinski definition) is 2. The van der Waals surface area contributed by atoms with Gasteiger partial charge in [-0.2, -0.15) is 0 Å². The zero-order valence-corrected chi connectivity index (χ0v) is 9.68. The molecule has 2 fully saturated rings. The minimum atomic E-state index is -0.0255. The molecule has 0 aromatic rings. The summed E-state index contributed by atoms with van der Waals surface area (Å²) < 4.78 is 0. The third-order valence-electron chi connectivity index (χ3n) is 3.79. The van der Waals surface area contributed by atoms with E-state index in [2.05, 4.69) is 18.7 Å². The van der Waals surface area contributed by atoms with Crippen molar-refractivity contribution < 1.29 is 0 Å². The predicted molar refractivity (Wildman–Crippen MR) is 60.2 cm³/mol. The summed E-state index contributed by atoms with van der Waals surface area (Å²) >= 11 is 0. The number of piperidine rings is 1. The minimum Gasteiger partial charge on any atom is -0.324 e. The van der Waals surface area contributed by atoms with Crippen molar-refractivity contribution in [1.29, 1.82) is 0 Å². The van der Waals surface area contributed by atoms with Gasteiger partial charge in [-0.05, 0) is 51.5 Å². The van der Waals surface area contributed by atoms with E-state index >= 15 is 0 Å². The topological polar surface area (TPSA) is 29.3 Å². The fraction of sp³-hybridized carbons (Fsp3) is 1.00. The lowest BCUT2D eigenvalue weighted by molar-refractivity contribution is 0.0131. The summed E-state index contributed by atoms with van der Waals surface area (Å²) in [5.74, 6) is 0. The Morgan fingerprint density at radius 3 is 2.36 bits per heavy atom. The third kappa shape index (κ3) is 2.29. The van der Waals surface area contributed by atoms with Crippen LogP contribution >= 0.6 is 0 Å². The molecule has 0 amide bonds. The summed E-state index contributed by atoms with van der Waals surface area (Å²) in [5, 5.41) is 0. The molecular formula is C12H24N2. The molecule has 2 aliphatic rings. The van der Waals surface area contributed by atoms with Gasteiger partial charge in [0.2, 0.25) is 0 Å². The highest BCUT2D eigenvalue weighted by molar-refractivity contribution is 4.94. The van der Waals surface area contributed by atoms with Crippen LogP contribution in [-0.2, 0) is 0 Å². The van der Waals surface area contributed by atoms with Crippen LogP contribution in [0.25, 0.3) is 0 Å². The zero-order valence-electron chi connectivity index (χ0n) is 9.68. The molecule has 1 saturated carbocycles. The van der Waals surface area contributed by atoms with Crippen LogP contribution in [0, 0.1) is 5.41 Å². The molecule has 1 aliphatic carbocycles. The lowest BCUT2D eigenvalue weighted by atomic mass is 9.64. The molecular weight excluding hydrogens is 172 g/mol. The average Bonchev–Trinajstić information content (AvgIpc) is 1.99. The molecule has 1 aliphatic heterocycles. The first-order chi connectivity index (χ1) is 6.49. The first kappa shape index (κ1) is 10.4. The molecule has 0 aromatic carbocycles. The Hall–Kier alpha value is -0.0800. The number of nitrogens with zero attached hydrogens (tertiary/aromatic N) is 1. The molecule has 0 bridgehead atoms. The molecule has 0 unspecified atom stereocenters. The molecule has 14 heavy (non-hydrogen) atoms. The Balaban J connectivity index is 1.88. The van der Waals surface area contributed by atoms with E-state index < -0.39 is 0 Å². The maximum Gasteiger partial charge on any atom is 0.0226 e. The summed E-state index contributed by atoms with van der Waals surface area (Å²) in [6.07, 6.45) is 7.24. The summed E-state index contributed by atoms with van der Waals surface area (Å²) in [6, 6.07) is 0. The average molecular weight is 196 g/mol. The summed E-state index contributed by atoms with van der Waals surface area (Å²) in [5.41, 5.74) is 6.76. The predicted octanol–water partition coefficient (Wildman–Crippen LogP) is 1.99. The van der Waals surface area contributed by atoms with Crippen LogP contribution in [-0.4, -0.2) is 30.1 Å². The number of hydrogen-bond donors (Lipinski definition) is 1. The van der Waals surface area contributed by atoms with Gasteiger partial charge in [0, 0.05) is 18.6 Å². The fourth-order valence-corrected chi connectivity index (χ4v) is 3.11. The first-order valence-electron chi connectivity index (χ1n) is 6.01. The van der Waals surface area contributed by atoms with E-state index in [4.69, 9.17) is 5.73 Å². The van der Waals surface area contributed by atoms with Crippen LogP contribution in [0.15, 0.2) is 0 Å². The zero-order chi connectivity index (χ0) is 10.2.